The number of hydrogen-bond donors (Lipinski definition) is 0. The van der Waals surface area contributed by atoms with Crippen LogP contribution in [-0.2, 0) is 9.53 Å². The molecule has 0 saturated carbocycles. The van der Waals surface area contributed by atoms with Crippen LogP contribution in [0.15, 0.2) is 18.2 Å². The molecular weight excluding hydrogens is 285 g/mol. The number of carbonyl (C=O) groups excluding carboxylic acids is 2. The average Bonchev–Trinajstić information content (AvgIpc) is 2.48. The maximum atomic E-state index is 13.7. The standard InChI is InChI=1S/C14H15ClFNO3/c1-20-14(19)9-3-2-6-17(8-9)13(18)11-7-10(15)4-5-12(11)16/h4-5,7,9H,2-3,6,8H2,1H3/t9-/m0/s1. The second-order valence-corrected chi connectivity index (χ2v) is 5.17. The summed E-state index contributed by atoms with van der Waals surface area (Å²) in [6.45, 7) is 0.746. The zero-order valence-corrected chi connectivity index (χ0v) is 11.8. The number of ether oxygens (including phenoxy) is 1. The van der Waals surface area contributed by atoms with E-state index >= 15 is 0 Å². The Bertz CT molecular complexity index is 535. The zero-order chi connectivity index (χ0) is 14.7. The van der Waals surface area contributed by atoms with Crippen LogP contribution in [0.3, 0.4) is 0 Å². The Morgan fingerprint density at radius 3 is 2.90 bits per heavy atom. The van der Waals surface area contributed by atoms with Crippen LogP contribution in [-0.4, -0.2) is 37.0 Å². The lowest BCUT2D eigenvalue weighted by molar-refractivity contribution is -0.146. The number of methoxy groups -OCH3 is 1. The molecule has 1 aliphatic heterocycles. The van der Waals surface area contributed by atoms with E-state index in [-0.39, 0.29) is 24.0 Å². The molecular formula is C14H15ClFNO3. The highest BCUT2D eigenvalue weighted by atomic mass is 35.5. The van der Waals surface area contributed by atoms with Gasteiger partial charge in [0.25, 0.3) is 5.91 Å². The number of carbonyl (C=O) groups is 2. The smallest absolute Gasteiger partial charge is 0.310 e. The van der Waals surface area contributed by atoms with Crippen LogP contribution >= 0.6 is 11.6 Å². The summed E-state index contributed by atoms with van der Waals surface area (Å²) < 4.78 is 18.4. The number of rotatable bonds is 2. The largest absolute Gasteiger partial charge is 0.469 e. The number of benzene rings is 1. The van der Waals surface area contributed by atoms with E-state index in [9.17, 15) is 14.0 Å². The Labute approximate surface area is 121 Å². The third-order valence-electron chi connectivity index (χ3n) is 3.40. The lowest BCUT2D eigenvalue weighted by Crippen LogP contribution is -2.42. The van der Waals surface area contributed by atoms with Crippen molar-refractivity contribution >= 4 is 23.5 Å². The van der Waals surface area contributed by atoms with Gasteiger partial charge in [0.15, 0.2) is 0 Å². The van der Waals surface area contributed by atoms with E-state index in [1.165, 1.54) is 24.1 Å². The van der Waals surface area contributed by atoms with Crippen molar-refractivity contribution in [2.24, 2.45) is 5.92 Å². The highest BCUT2D eigenvalue weighted by Crippen LogP contribution is 2.22. The van der Waals surface area contributed by atoms with Gasteiger partial charge in [-0.1, -0.05) is 11.6 Å². The minimum atomic E-state index is -0.611. The molecule has 1 atom stereocenters. The van der Waals surface area contributed by atoms with Crippen LogP contribution in [0.1, 0.15) is 23.2 Å². The first kappa shape index (κ1) is 14.8. The van der Waals surface area contributed by atoms with Gasteiger partial charge in [-0.25, -0.2) is 4.39 Å². The van der Waals surface area contributed by atoms with Gasteiger partial charge in [-0.3, -0.25) is 9.59 Å². The Morgan fingerprint density at radius 1 is 1.45 bits per heavy atom. The van der Waals surface area contributed by atoms with Crippen LogP contribution in [0, 0.1) is 11.7 Å². The second kappa shape index (κ2) is 6.22. The maximum Gasteiger partial charge on any atom is 0.310 e. The van der Waals surface area contributed by atoms with Crippen LogP contribution in [0.5, 0.6) is 0 Å². The summed E-state index contributed by atoms with van der Waals surface area (Å²) in [5.74, 6) is -1.74. The molecule has 108 valence electrons. The molecule has 20 heavy (non-hydrogen) atoms. The monoisotopic (exact) mass is 299 g/mol. The van der Waals surface area contributed by atoms with Crippen LogP contribution < -0.4 is 0 Å². The Morgan fingerprint density at radius 2 is 2.20 bits per heavy atom. The van der Waals surface area contributed by atoms with Crippen molar-refractivity contribution in [3.05, 3.63) is 34.6 Å². The molecule has 0 aliphatic carbocycles. The molecule has 4 nitrogen and oxygen atoms in total. The van der Waals surface area contributed by atoms with Gasteiger partial charge in [0.1, 0.15) is 5.82 Å². The predicted molar refractivity (Wildman–Crippen MR) is 72.1 cm³/mol. The molecule has 1 aromatic carbocycles. The fourth-order valence-electron chi connectivity index (χ4n) is 2.35. The Kier molecular flexibility index (Phi) is 4.60. The number of esters is 1. The van der Waals surface area contributed by atoms with E-state index in [0.717, 1.165) is 6.07 Å². The number of amides is 1. The number of likely N-dealkylation sites (tertiary alicyclic amines) is 1. The maximum absolute atomic E-state index is 13.7. The minimum absolute atomic E-state index is 0.0667. The van der Waals surface area contributed by atoms with Gasteiger partial charge < -0.3 is 9.64 Å². The molecule has 0 aromatic heterocycles. The fourth-order valence-corrected chi connectivity index (χ4v) is 2.52. The highest BCUT2D eigenvalue weighted by molar-refractivity contribution is 6.31. The molecule has 6 heteroatoms. The van der Waals surface area contributed by atoms with Gasteiger partial charge in [-0.05, 0) is 31.0 Å². The van der Waals surface area contributed by atoms with Gasteiger partial charge in [0.05, 0.1) is 18.6 Å². The van der Waals surface area contributed by atoms with Crippen molar-refractivity contribution in [1.82, 2.24) is 4.90 Å². The minimum Gasteiger partial charge on any atom is -0.469 e. The fraction of sp³-hybridized carbons (Fsp3) is 0.429. The molecule has 2 rings (SSSR count). The zero-order valence-electron chi connectivity index (χ0n) is 11.1. The predicted octanol–water partition coefficient (Wildman–Crippen LogP) is 2.50. The van der Waals surface area contributed by atoms with Gasteiger partial charge in [0.2, 0.25) is 0 Å². The summed E-state index contributed by atoms with van der Waals surface area (Å²) in [6.07, 6.45) is 1.36. The molecule has 1 amide bonds. The SMILES string of the molecule is COC(=O)[C@H]1CCCN(C(=O)c2cc(Cl)ccc2F)C1. The molecule has 0 N–H and O–H groups in total. The van der Waals surface area contributed by atoms with Crippen molar-refractivity contribution in [3.63, 3.8) is 0 Å². The van der Waals surface area contributed by atoms with Crippen molar-refractivity contribution in [3.8, 4) is 0 Å². The quantitative estimate of drug-likeness (QED) is 0.788. The second-order valence-electron chi connectivity index (χ2n) is 4.74. The van der Waals surface area contributed by atoms with Gasteiger partial charge in [-0.2, -0.15) is 0 Å². The van der Waals surface area contributed by atoms with Crippen molar-refractivity contribution in [1.29, 1.82) is 0 Å². The average molecular weight is 300 g/mol. The van der Waals surface area contributed by atoms with E-state index in [1.807, 2.05) is 0 Å². The number of piperidine rings is 1. The summed E-state index contributed by atoms with van der Waals surface area (Å²) in [6, 6.07) is 3.86. The third kappa shape index (κ3) is 3.10. The summed E-state index contributed by atoms with van der Waals surface area (Å²) in [5, 5.41) is 0.302. The van der Waals surface area contributed by atoms with Gasteiger partial charge >= 0.3 is 5.97 Å². The lowest BCUT2D eigenvalue weighted by atomic mass is 9.97. The first-order chi connectivity index (χ1) is 9.52. The third-order valence-corrected chi connectivity index (χ3v) is 3.64. The van der Waals surface area contributed by atoms with Crippen molar-refractivity contribution in [2.75, 3.05) is 20.2 Å². The van der Waals surface area contributed by atoms with E-state index in [1.54, 1.807) is 0 Å². The first-order valence-electron chi connectivity index (χ1n) is 6.35. The summed E-state index contributed by atoms with van der Waals surface area (Å²) in [5.41, 5.74) is -0.0667. The van der Waals surface area contributed by atoms with Gasteiger partial charge in [0, 0.05) is 18.1 Å². The first-order valence-corrected chi connectivity index (χ1v) is 6.73. The molecule has 1 heterocycles. The lowest BCUT2D eigenvalue weighted by Gasteiger charge is -2.31. The topological polar surface area (TPSA) is 46.6 Å². The number of hydrogen-bond acceptors (Lipinski definition) is 3. The van der Waals surface area contributed by atoms with Crippen LogP contribution in [0.2, 0.25) is 5.02 Å². The van der Waals surface area contributed by atoms with Gasteiger partial charge in [-0.15, -0.1) is 0 Å². The summed E-state index contributed by atoms with van der Waals surface area (Å²) >= 11 is 5.79. The van der Waals surface area contributed by atoms with E-state index in [0.29, 0.717) is 24.4 Å². The van der Waals surface area contributed by atoms with E-state index in [4.69, 9.17) is 16.3 Å². The molecule has 1 aromatic rings. The number of halogens is 2. The number of nitrogens with zero attached hydrogens (tertiary/aromatic N) is 1. The molecule has 1 aliphatic rings. The van der Waals surface area contributed by atoms with Crippen LogP contribution in [0.25, 0.3) is 0 Å². The summed E-state index contributed by atoms with van der Waals surface area (Å²) in [7, 11) is 1.32. The van der Waals surface area contributed by atoms with Crippen molar-refractivity contribution < 1.29 is 18.7 Å². The van der Waals surface area contributed by atoms with E-state index < -0.39 is 11.7 Å². The molecule has 0 unspecified atom stereocenters. The van der Waals surface area contributed by atoms with Crippen molar-refractivity contribution in [2.45, 2.75) is 12.8 Å². The molecule has 1 saturated heterocycles. The van der Waals surface area contributed by atoms with Crippen LogP contribution in [0.4, 0.5) is 4.39 Å². The summed E-state index contributed by atoms with van der Waals surface area (Å²) in [4.78, 5) is 25.3. The molecule has 0 spiro atoms. The Balaban J connectivity index is 2.16. The molecule has 0 radical (unpaired) electrons. The molecule has 0 bridgehead atoms. The van der Waals surface area contributed by atoms with E-state index in [2.05, 4.69) is 0 Å². The molecule has 1 fully saturated rings. The Hall–Kier alpha value is -1.62. The normalized spacial score (nSPS) is 18.8. The highest BCUT2D eigenvalue weighted by Gasteiger charge is 2.30.